The fourth-order valence-corrected chi connectivity index (χ4v) is 1.34. The molecule has 0 heterocycles. The van der Waals surface area contributed by atoms with Gasteiger partial charge in [-0.15, -0.1) is 13.3 Å². The molecule has 0 aromatic heterocycles. The van der Waals surface area contributed by atoms with Gasteiger partial charge in [0, 0.05) is 0 Å². The predicted octanol–water partition coefficient (Wildman–Crippen LogP) is 3.62. The molecule has 0 spiro atoms. The van der Waals surface area contributed by atoms with Gasteiger partial charge in [-0.25, -0.2) is 23.3 Å². The van der Waals surface area contributed by atoms with E-state index >= 15 is 0 Å². The Bertz CT molecular complexity index is 270. The van der Waals surface area contributed by atoms with E-state index < -0.39 is 0 Å². The molecule has 0 N–H and O–H groups in total. The maximum absolute atomic E-state index is 3.29. The van der Waals surface area contributed by atoms with Crippen molar-refractivity contribution in [3.63, 3.8) is 0 Å². The Kier molecular flexibility index (Phi) is 18.5. The van der Waals surface area contributed by atoms with Crippen molar-refractivity contribution in [2.24, 2.45) is 5.92 Å². The van der Waals surface area contributed by atoms with E-state index in [9.17, 15) is 0 Å². The molecule has 2 rings (SSSR count). The first-order valence-electron chi connectivity index (χ1n) is 5.06. The summed E-state index contributed by atoms with van der Waals surface area (Å²) in [7, 11) is 0. The SMILES string of the molecule is CC1=[C-]C(C)C=C1C.[C-]1=CC=CC1.[CH3-].[CH3-].[SiH2]=[Zr]. The molecule has 0 radical (unpaired) electrons. The molecule has 0 aliphatic heterocycles. The standard InChI is InChI=1S/C8H11.C5H5.2CH3.H2Si.Zr/c1-6-4-7(2)8(3)5-6;1-2-4-5-3-1;;;;/h4,6H,1-3H3;1-3H,4H2;2*1H3;1H2;/q4*-1;;. The van der Waals surface area contributed by atoms with Crippen molar-refractivity contribution in [1.82, 2.24) is 0 Å². The summed E-state index contributed by atoms with van der Waals surface area (Å²) in [6.07, 6.45) is 15.5. The van der Waals surface area contributed by atoms with E-state index in [4.69, 9.17) is 0 Å². The van der Waals surface area contributed by atoms with Gasteiger partial charge in [-0.1, -0.05) is 19.8 Å². The summed E-state index contributed by atoms with van der Waals surface area (Å²) in [5.41, 5.74) is 2.70. The number of hydrogen-bond acceptors (Lipinski definition) is 0. The van der Waals surface area contributed by atoms with Crippen LogP contribution in [-0.4, -0.2) is 6.88 Å². The van der Waals surface area contributed by atoms with Gasteiger partial charge in [0.05, 0.1) is 0 Å². The first-order chi connectivity index (χ1) is 7.20. The molecule has 0 bridgehead atoms. The van der Waals surface area contributed by atoms with Gasteiger partial charge >= 0.3 is 30.2 Å². The second-order valence-electron chi connectivity index (χ2n) is 3.41. The molecule has 0 saturated carbocycles. The van der Waals surface area contributed by atoms with Crippen LogP contribution in [0.25, 0.3) is 0 Å². The Labute approximate surface area is 125 Å². The van der Waals surface area contributed by atoms with E-state index in [1.54, 1.807) is 23.3 Å². The van der Waals surface area contributed by atoms with Crippen LogP contribution in [0.4, 0.5) is 0 Å². The fourth-order valence-electron chi connectivity index (χ4n) is 1.34. The normalized spacial score (nSPS) is 18.4. The van der Waals surface area contributed by atoms with E-state index in [2.05, 4.69) is 45.1 Å². The van der Waals surface area contributed by atoms with Crippen molar-refractivity contribution in [2.75, 3.05) is 0 Å². The summed E-state index contributed by atoms with van der Waals surface area (Å²) in [5, 5.41) is 0. The topological polar surface area (TPSA) is 0 Å². The first-order valence-corrected chi connectivity index (χ1v) is 11.0. The summed E-state index contributed by atoms with van der Waals surface area (Å²) in [6, 6.07) is 0. The Morgan fingerprint density at radius 1 is 1.29 bits per heavy atom. The van der Waals surface area contributed by atoms with Gasteiger partial charge in [-0.05, 0) is 0 Å². The molecule has 2 aliphatic rings. The van der Waals surface area contributed by atoms with E-state index in [1.165, 1.54) is 11.1 Å². The molecule has 1 atom stereocenters. The molecular formula is C15H24SiZr-4. The third-order valence-electron chi connectivity index (χ3n) is 2.12. The van der Waals surface area contributed by atoms with Crippen LogP contribution in [0.1, 0.15) is 27.2 Å². The predicted molar refractivity (Wildman–Crippen MR) is 78.3 cm³/mol. The van der Waals surface area contributed by atoms with Gasteiger partial charge in [0.1, 0.15) is 0 Å². The number of rotatable bonds is 0. The van der Waals surface area contributed by atoms with Gasteiger partial charge in [0.2, 0.25) is 0 Å². The van der Waals surface area contributed by atoms with Crippen molar-refractivity contribution in [3.8, 4) is 0 Å². The molecule has 0 aromatic carbocycles. The quantitative estimate of drug-likeness (QED) is 0.472. The molecule has 0 fully saturated rings. The van der Waals surface area contributed by atoms with E-state index in [1.807, 2.05) is 19.0 Å². The average Bonchev–Trinajstić information content (AvgIpc) is 2.85. The Balaban J connectivity index is -0.000000192. The van der Waals surface area contributed by atoms with Gasteiger partial charge in [-0.2, -0.15) is 12.2 Å². The molecule has 0 saturated heterocycles. The van der Waals surface area contributed by atoms with E-state index in [0.29, 0.717) is 5.92 Å². The van der Waals surface area contributed by atoms with Gasteiger partial charge < -0.3 is 14.9 Å². The summed E-state index contributed by atoms with van der Waals surface area (Å²) < 4.78 is 0. The molecular weight excluding hydrogens is 299 g/mol. The second kappa shape index (κ2) is 14.1. The maximum atomic E-state index is 3.29. The van der Waals surface area contributed by atoms with Crippen molar-refractivity contribution in [1.29, 1.82) is 0 Å². The summed E-state index contributed by atoms with van der Waals surface area (Å²) >= 11 is 1.58. The van der Waals surface area contributed by atoms with Crippen molar-refractivity contribution >= 4 is 6.88 Å². The van der Waals surface area contributed by atoms with Crippen molar-refractivity contribution < 1.29 is 23.3 Å². The molecule has 0 nitrogen and oxygen atoms in total. The molecule has 1 unspecified atom stereocenters. The molecule has 2 heteroatoms. The van der Waals surface area contributed by atoms with Crippen LogP contribution in [0, 0.1) is 32.9 Å². The second-order valence-corrected chi connectivity index (χ2v) is 3.41. The molecule has 96 valence electrons. The first kappa shape index (κ1) is 22.3. The Morgan fingerprint density at radius 2 is 1.88 bits per heavy atom. The minimum absolute atomic E-state index is 0. The van der Waals surface area contributed by atoms with Gasteiger partial charge in [0.25, 0.3) is 0 Å². The van der Waals surface area contributed by atoms with Crippen LogP contribution in [0.2, 0.25) is 0 Å². The zero-order valence-electron chi connectivity index (χ0n) is 11.8. The third kappa shape index (κ3) is 10.9. The Morgan fingerprint density at radius 3 is 2.00 bits per heavy atom. The molecule has 0 amide bonds. The van der Waals surface area contributed by atoms with Gasteiger partial charge in [0.15, 0.2) is 0 Å². The zero-order chi connectivity index (χ0) is 11.7. The number of allylic oxidation sites excluding steroid dienone is 8. The Hall–Kier alpha value is 0.0600. The van der Waals surface area contributed by atoms with Crippen LogP contribution in [0.5, 0.6) is 0 Å². The third-order valence-corrected chi connectivity index (χ3v) is 2.12. The van der Waals surface area contributed by atoms with Gasteiger partial charge in [-0.3, -0.25) is 12.2 Å². The van der Waals surface area contributed by atoms with Crippen molar-refractivity contribution in [3.05, 3.63) is 62.5 Å². The molecule has 17 heavy (non-hydrogen) atoms. The summed E-state index contributed by atoms with van der Waals surface area (Å²) in [6.45, 7) is 8.34. The summed E-state index contributed by atoms with van der Waals surface area (Å²) in [5.74, 6) is 0.551. The molecule has 0 aromatic rings. The average molecular weight is 324 g/mol. The molecule has 2 aliphatic carbocycles. The van der Waals surface area contributed by atoms with E-state index in [0.717, 1.165) is 6.42 Å². The van der Waals surface area contributed by atoms with Crippen LogP contribution in [0.15, 0.2) is 35.5 Å². The van der Waals surface area contributed by atoms with Crippen LogP contribution < -0.4 is 0 Å². The number of hydrogen-bond donors (Lipinski definition) is 0. The van der Waals surface area contributed by atoms with Crippen LogP contribution in [0.3, 0.4) is 0 Å². The van der Waals surface area contributed by atoms with Crippen LogP contribution in [-0.2, 0) is 23.3 Å². The zero-order valence-corrected chi connectivity index (χ0v) is 15.7. The minimum atomic E-state index is 0. The summed E-state index contributed by atoms with van der Waals surface area (Å²) in [4.78, 5) is 0. The van der Waals surface area contributed by atoms with E-state index in [-0.39, 0.29) is 14.9 Å². The fraction of sp³-hybridized carbons (Fsp3) is 0.333. The van der Waals surface area contributed by atoms with Crippen LogP contribution >= 0.6 is 0 Å². The van der Waals surface area contributed by atoms with Crippen molar-refractivity contribution in [2.45, 2.75) is 27.2 Å². The monoisotopic (exact) mass is 322 g/mol.